The highest BCUT2D eigenvalue weighted by Gasteiger charge is 2.31. The maximum atomic E-state index is 13.5. The number of fused-ring (bicyclic) bond motifs is 5. The Kier molecular flexibility index (Phi) is 6.40. The van der Waals surface area contributed by atoms with Crippen LogP contribution >= 0.6 is 0 Å². The molecule has 0 unspecified atom stereocenters. The van der Waals surface area contributed by atoms with Crippen molar-refractivity contribution in [1.82, 2.24) is 20.3 Å². The van der Waals surface area contributed by atoms with E-state index < -0.39 is 11.7 Å². The van der Waals surface area contributed by atoms with Gasteiger partial charge in [-0.2, -0.15) is 0 Å². The minimum atomic E-state index is -0.596. The van der Waals surface area contributed by atoms with Crippen LogP contribution in [0.1, 0.15) is 53.5 Å². The summed E-state index contributed by atoms with van der Waals surface area (Å²) in [5.41, 5.74) is 4.40. The van der Waals surface area contributed by atoms with E-state index in [-0.39, 0.29) is 24.4 Å². The standard InChI is InChI=1S/C27H33N5O3/c1-26(2,3)32-24-20-13-9-10-14-21(20)31(22(33)15-16-28-25(34)35-27(4,5)6)17-18-11-7-8-12-19(18)23(24)29-30-32/h7-14H,15-17H2,1-6H3,(H,28,34). The molecule has 0 aliphatic carbocycles. The van der Waals surface area contributed by atoms with Crippen LogP contribution in [0.25, 0.3) is 22.5 Å². The fraction of sp³-hybridized carbons (Fsp3) is 0.407. The number of carbonyl (C=O) groups is 2. The number of rotatable bonds is 3. The fourth-order valence-corrected chi connectivity index (χ4v) is 4.17. The number of alkyl carbamates (subject to hydrolysis) is 1. The van der Waals surface area contributed by atoms with Gasteiger partial charge in [0, 0.05) is 24.1 Å². The Morgan fingerprint density at radius 2 is 1.63 bits per heavy atom. The zero-order valence-corrected chi connectivity index (χ0v) is 21.3. The van der Waals surface area contributed by atoms with Crippen molar-refractivity contribution in [2.75, 3.05) is 11.4 Å². The minimum Gasteiger partial charge on any atom is -0.444 e. The fourth-order valence-electron chi connectivity index (χ4n) is 4.17. The second kappa shape index (κ2) is 9.17. The third kappa shape index (κ3) is 5.21. The van der Waals surface area contributed by atoms with E-state index in [4.69, 9.17) is 4.74 Å². The number of carbonyl (C=O) groups excluding carboxylic acids is 2. The van der Waals surface area contributed by atoms with Gasteiger partial charge in [-0.1, -0.05) is 47.7 Å². The van der Waals surface area contributed by atoms with E-state index >= 15 is 0 Å². The van der Waals surface area contributed by atoms with Gasteiger partial charge in [0.1, 0.15) is 11.3 Å². The van der Waals surface area contributed by atoms with Gasteiger partial charge in [0.2, 0.25) is 5.91 Å². The molecule has 0 spiro atoms. The molecule has 0 saturated heterocycles. The van der Waals surface area contributed by atoms with Crippen LogP contribution in [0.5, 0.6) is 0 Å². The van der Waals surface area contributed by atoms with Gasteiger partial charge in [0.25, 0.3) is 0 Å². The lowest BCUT2D eigenvalue weighted by molar-refractivity contribution is -0.118. The number of nitrogens with zero attached hydrogens (tertiary/aromatic N) is 4. The van der Waals surface area contributed by atoms with E-state index in [0.29, 0.717) is 6.54 Å². The van der Waals surface area contributed by atoms with Gasteiger partial charge in [-0.15, -0.1) is 5.10 Å². The molecule has 0 saturated carbocycles. The van der Waals surface area contributed by atoms with Crippen molar-refractivity contribution in [2.24, 2.45) is 0 Å². The maximum absolute atomic E-state index is 13.5. The molecule has 1 aliphatic rings. The second-order valence-electron chi connectivity index (χ2n) is 10.7. The lowest BCUT2D eigenvalue weighted by Crippen LogP contribution is -2.37. The molecule has 8 heteroatoms. The van der Waals surface area contributed by atoms with Crippen molar-refractivity contribution in [2.45, 2.75) is 65.6 Å². The zero-order valence-electron chi connectivity index (χ0n) is 21.3. The third-order valence-corrected chi connectivity index (χ3v) is 5.66. The molecule has 3 aromatic rings. The van der Waals surface area contributed by atoms with Crippen LogP contribution in [0.2, 0.25) is 0 Å². The summed E-state index contributed by atoms with van der Waals surface area (Å²) in [6.07, 6.45) is -0.396. The highest BCUT2D eigenvalue weighted by molar-refractivity contribution is 6.00. The van der Waals surface area contributed by atoms with Crippen LogP contribution in [0.3, 0.4) is 0 Å². The van der Waals surface area contributed by atoms with Crippen LogP contribution in [-0.2, 0) is 21.6 Å². The molecule has 2 aromatic carbocycles. The monoisotopic (exact) mass is 475 g/mol. The average Bonchev–Trinajstić information content (AvgIpc) is 3.20. The second-order valence-corrected chi connectivity index (χ2v) is 10.7. The first kappa shape index (κ1) is 24.4. The first-order chi connectivity index (χ1) is 16.5. The predicted molar refractivity (Wildman–Crippen MR) is 136 cm³/mol. The van der Waals surface area contributed by atoms with Crippen LogP contribution in [0, 0.1) is 0 Å². The summed E-state index contributed by atoms with van der Waals surface area (Å²) < 4.78 is 7.21. The predicted octanol–water partition coefficient (Wildman–Crippen LogP) is 5.13. The number of hydrogen-bond acceptors (Lipinski definition) is 5. The van der Waals surface area contributed by atoms with Gasteiger partial charge in [0.15, 0.2) is 0 Å². The van der Waals surface area contributed by atoms with Crippen molar-refractivity contribution in [3.8, 4) is 22.5 Å². The third-order valence-electron chi connectivity index (χ3n) is 5.66. The number of ether oxygens (including phenoxy) is 1. The molecule has 4 rings (SSSR count). The summed E-state index contributed by atoms with van der Waals surface area (Å²) in [6.45, 7) is 12.2. The highest BCUT2D eigenvalue weighted by atomic mass is 16.6. The van der Waals surface area contributed by atoms with E-state index in [1.54, 1.807) is 25.7 Å². The molecule has 0 bridgehead atoms. The van der Waals surface area contributed by atoms with Crippen molar-refractivity contribution >= 4 is 17.7 Å². The first-order valence-electron chi connectivity index (χ1n) is 11.9. The van der Waals surface area contributed by atoms with Gasteiger partial charge in [-0.25, -0.2) is 9.48 Å². The van der Waals surface area contributed by atoms with Gasteiger partial charge >= 0.3 is 6.09 Å². The number of hydrogen-bond donors (Lipinski definition) is 1. The number of para-hydroxylation sites is 1. The quantitative estimate of drug-likeness (QED) is 0.567. The number of amides is 2. The molecule has 0 radical (unpaired) electrons. The van der Waals surface area contributed by atoms with Gasteiger partial charge in [-0.3, -0.25) is 4.79 Å². The summed E-state index contributed by atoms with van der Waals surface area (Å²) in [6, 6.07) is 15.8. The van der Waals surface area contributed by atoms with Gasteiger partial charge < -0.3 is 15.0 Å². The SMILES string of the molecule is CC(C)(C)OC(=O)NCCC(=O)N1Cc2ccccc2-c2nnn(C(C)(C)C)c2-c2ccccc21. The Balaban J connectivity index is 1.73. The van der Waals surface area contributed by atoms with Crippen molar-refractivity contribution in [1.29, 1.82) is 0 Å². The smallest absolute Gasteiger partial charge is 0.407 e. The Labute approximate surface area is 206 Å². The summed E-state index contributed by atoms with van der Waals surface area (Å²) >= 11 is 0. The summed E-state index contributed by atoms with van der Waals surface area (Å²) in [7, 11) is 0. The number of aromatic nitrogens is 3. The molecule has 1 N–H and O–H groups in total. The van der Waals surface area contributed by atoms with Gasteiger partial charge in [0.05, 0.1) is 23.5 Å². The van der Waals surface area contributed by atoms with E-state index in [0.717, 1.165) is 33.8 Å². The summed E-state index contributed by atoms with van der Waals surface area (Å²) in [4.78, 5) is 27.4. The zero-order chi connectivity index (χ0) is 25.4. The minimum absolute atomic E-state index is 0.0958. The Morgan fingerprint density at radius 1 is 0.971 bits per heavy atom. The Hall–Kier alpha value is -3.68. The Morgan fingerprint density at radius 3 is 2.31 bits per heavy atom. The van der Waals surface area contributed by atoms with Crippen molar-refractivity contribution < 1.29 is 14.3 Å². The number of anilines is 1. The topological polar surface area (TPSA) is 89.3 Å². The maximum Gasteiger partial charge on any atom is 0.407 e. The van der Waals surface area contributed by atoms with E-state index in [1.807, 2.05) is 53.2 Å². The van der Waals surface area contributed by atoms with Crippen LogP contribution in [-0.4, -0.2) is 39.1 Å². The summed E-state index contributed by atoms with van der Waals surface area (Å²) in [5, 5.41) is 11.8. The van der Waals surface area contributed by atoms with Crippen molar-refractivity contribution in [3.05, 3.63) is 54.1 Å². The van der Waals surface area contributed by atoms with Crippen LogP contribution in [0.4, 0.5) is 10.5 Å². The molecule has 184 valence electrons. The molecule has 2 amide bonds. The van der Waals surface area contributed by atoms with E-state index in [2.05, 4.69) is 36.4 Å². The number of nitrogens with one attached hydrogen (secondary N) is 1. The molecule has 1 aliphatic heterocycles. The molecule has 1 aromatic heterocycles. The lowest BCUT2D eigenvalue weighted by atomic mass is 9.94. The molecular formula is C27H33N5O3. The summed E-state index contributed by atoms with van der Waals surface area (Å²) in [5.74, 6) is -0.0958. The molecular weight excluding hydrogens is 442 g/mol. The molecule has 8 nitrogen and oxygen atoms in total. The average molecular weight is 476 g/mol. The van der Waals surface area contributed by atoms with Crippen LogP contribution in [0.15, 0.2) is 48.5 Å². The largest absolute Gasteiger partial charge is 0.444 e. The molecule has 2 heterocycles. The van der Waals surface area contributed by atoms with Crippen molar-refractivity contribution in [3.63, 3.8) is 0 Å². The molecule has 35 heavy (non-hydrogen) atoms. The normalized spacial score (nSPS) is 13.1. The number of benzene rings is 2. The molecule has 0 atom stereocenters. The highest BCUT2D eigenvalue weighted by Crippen LogP contribution is 2.42. The Bertz CT molecular complexity index is 1250. The van der Waals surface area contributed by atoms with Gasteiger partial charge in [-0.05, 0) is 53.2 Å². The van der Waals surface area contributed by atoms with Crippen LogP contribution < -0.4 is 10.2 Å². The first-order valence-corrected chi connectivity index (χ1v) is 11.9. The molecule has 0 fully saturated rings. The van der Waals surface area contributed by atoms with E-state index in [9.17, 15) is 9.59 Å². The van der Waals surface area contributed by atoms with E-state index in [1.165, 1.54) is 0 Å². The lowest BCUT2D eigenvalue weighted by Gasteiger charge is -2.30.